The third-order valence-corrected chi connectivity index (χ3v) is 6.80. The molecule has 6 aromatic rings. The second-order valence-corrected chi connectivity index (χ2v) is 8.89. The van der Waals surface area contributed by atoms with E-state index in [-0.39, 0.29) is 17.4 Å². The molecule has 6 aromatic carbocycles. The van der Waals surface area contributed by atoms with Crippen LogP contribution in [0.5, 0.6) is 11.5 Å². The second kappa shape index (κ2) is 8.66. The summed E-state index contributed by atoms with van der Waals surface area (Å²) in [6, 6.07) is 42.6. The van der Waals surface area contributed by atoms with Crippen molar-refractivity contribution in [1.82, 2.24) is 0 Å². The normalized spacial score (nSPS) is 12.1. The van der Waals surface area contributed by atoms with Gasteiger partial charge in [0.25, 0.3) is 0 Å². The van der Waals surface area contributed by atoms with Gasteiger partial charge in [-0.05, 0) is 62.0 Å². The number of hydrogen-bond acceptors (Lipinski definition) is 2. The lowest BCUT2D eigenvalue weighted by atomic mass is 9.80. The molecule has 0 aliphatic heterocycles. The molecule has 0 spiro atoms. The summed E-state index contributed by atoms with van der Waals surface area (Å²) in [5, 5.41) is 25.4. The molecule has 2 N–H and O–H groups in total. The van der Waals surface area contributed by atoms with E-state index >= 15 is 0 Å². The van der Waals surface area contributed by atoms with Gasteiger partial charge in [-0.3, -0.25) is 0 Å². The standard InChI is InChI=1S/C33H24O2/c34-27-18-19-29-26(21-27)17-20-31(35)33(29)32(30-12-6-10-24-9-4-5-11-28(24)30)25-15-13-23(14-16-25)22-7-2-1-3-8-22/h1-21,32,34-35H. The molecule has 0 bridgehead atoms. The van der Waals surface area contributed by atoms with E-state index in [0.29, 0.717) is 0 Å². The monoisotopic (exact) mass is 452 g/mol. The highest BCUT2D eigenvalue weighted by Crippen LogP contribution is 2.44. The van der Waals surface area contributed by atoms with Crippen LogP contribution in [0.25, 0.3) is 32.7 Å². The zero-order valence-electron chi connectivity index (χ0n) is 19.1. The largest absolute Gasteiger partial charge is 0.508 e. The summed E-state index contributed by atoms with van der Waals surface area (Å²) in [4.78, 5) is 0. The van der Waals surface area contributed by atoms with E-state index in [1.54, 1.807) is 18.2 Å². The Kier molecular flexibility index (Phi) is 5.20. The quantitative estimate of drug-likeness (QED) is 0.264. The van der Waals surface area contributed by atoms with Gasteiger partial charge in [0, 0.05) is 11.5 Å². The first kappa shape index (κ1) is 21.0. The number of fused-ring (bicyclic) bond motifs is 2. The minimum absolute atomic E-state index is 0.195. The first-order valence-electron chi connectivity index (χ1n) is 11.8. The van der Waals surface area contributed by atoms with Crippen molar-refractivity contribution < 1.29 is 10.2 Å². The predicted molar refractivity (Wildman–Crippen MR) is 144 cm³/mol. The Morgan fingerprint density at radius 1 is 0.486 bits per heavy atom. The van der Waals surface area contributed by atoms with Crippen molar-refractivity contribution in [2.45, 2.75) is 5.92 Å². The molecular weight excluding hydrogens is 428 g/mol. The maximum atomic E-state index is 11.2. The molecule has 0 fully saturated rings. The molecule has 0 aliphatic rings. The first-order chi connectivity index (χ1) is 17.2. The highest BCUT2D eigenvalue weighted by atomic mass is 16.3. The van der Waals surface area contributed by atoms with Crippen LogP contribution in [0.3, 0.4) is 0 Å². The van der Waals surface area contributed by atoms with Crippen LogP contribution >= 0.6 is 0 Å². The van der Waals surface area contributed by atoms with Crippen LogP contribution < -0.4 is 0 Å². The second-order valence-electron chi connectivity index (χ2n) is 8.89. The van der Waals surface area contributed by atoms with Gasteiger partial charge in [-0.2, -0.15) is 0 Å². The van der Waals surface area contributed by atoms with Gasteiger partial charge in [0.1, 0.15) is 11.5 Å². The van der Waals surface area contributed by atoms with E-state index < -0.39 is 0 Å². The molecule has 1 atom stereocenters. The molecule has 0 amide bonds. The van der Waals surface area contributed by atoms with Gasteiger partial charge in [-0.1, -0.05) is 109 Å². The van der Waals surface area contributed by atoms with Crippen LogP contribution in [0, 0.1) is 0 Å². The Morgan fingerprint density at radius 3 is 2.03 bits per heavy atom. The van der Waals surface area contributed by atoms with Gasteiger partial charge in [0.05, 0.1) is 0 Å². The number of hydrogen-bond donors (Lipinski definition) is 2. The van der Waals surface area contributed by atoms with Crippen molar-refractivity contribution in [1.29, 1.82) is 0 Å². The average Bonchev–Trinajstić information content (AvgIpc) is 2.91. The molecule has 2 nitrogen and oxygen atoms in total. The number of aromatic hydroxyl groups is 2. The van der Waals surface area contributed by atoms with Crippen molar-refractivity contribution in [3.05, 3.63) is 144 Å². The summed E-state index contributed by atoms with van der Waals surface area (Å²) < 4.78 is 0. The van der Waals surface area contributed by atoms with Gasteiger partial charge in [0.2, 0.25) is 0 Å². The number of phenolic OH excluding ortho intramolecular Hbond substituents is 2. The molecule has 0 saturated heterocycles. The summed E-state index contributed by atoms with van der Waals surface area (Å²) in [5.74, 6) is 0.260. The Bertz CT molecular complexity index is 1650. The fourth-order valence-electron chi connectivity index (χ4n) is 5.14. The first-order valence-corrected chi connectivity index (χ1v) is 11.8. The Morgan fingerprint density at radius 2 is 1.20 bits per heavy atom. The molecule has 0 radical (unpaired) electrons. The van der Waals surface area contributed by atoms with Gasteiger partial charge in [-0.25, -0.2) is 0 Å². The smallest absolute Gasteiger partial charge is 0.120 e. The van der Waals surface area contributed by atoms with Crippen LogP contribution in [0.1, 0.15) is 22.6 Å². The van der Waals surface area contributed by atoms with E-state index in [1.807, 2.05) is 36.4 Å². The van der Waals surface area contributed by atoms with E-state index in [1.165, 1.54) is 5.56 Å². The van der Waals surface area contributed by atoms with Crippen molar-refractivity contribution >= 4 is 21.5 Å². The van der Waals surface area contributed by atoms with Crippen LogP contribution in [0.4, 0.5) is 0 Å². The molecule has 0 saturated carbocycles. The van der Waals surface area contributed by atoms with E-state index in [2.05, 4.69) is 72.8 Å². The van der Waals surface area contributed by atoms with Crippen molar-refractivity contribution in [3.8, 4) is 22.6 Å². The molecule has 2 heteroatoms. The molecule has 35 heavy (non-hydrogen) atoms. The van der Waals surface area contributed by atoms with Crippen LogP contribution in [0.2, 0.25) is 0 Å². The average molecular weight is 453 g/mol. The molecule has 1 unspecified atom stereocenters. The number of phenols is 2. The fourth-order valence-corrected chi connectivity index (χ4v) is 5.14. The molecule has 6 rings (SSSR count). The Hall–Kier alpha value is -4.56. The topological polar surface area (TPSA) is 40.5 Å². The lowest BCUT2D eigenvalue weighted by Gasteiger charge is -2.24. The van der Waals surface area contributed by atoms with Crippen molar-refractivity contribution in [2.24, 2.45) is 0 Å². The minimum Gasteiger partial charge on any atom is -0.508 e. The Labute approximate surface area is 204 Å². The number of rotatable bonds is 4. The van der Waals surface area contributed by atoms with Gasteiger partial charge < -0.3 is 10.2 Å². The zero-order chi connectivity index (χ0) is 23.8. The molecule has 0 heterocycles. The Balaban J connectivity index is 1.62. The molecule has 0 aromatic heterocycles. The SMILES string of the molecule is Oc1ccc2c(C(c3ccc(-c4ccccc4)cc3)c3cccc4ccccc34)c(O)ccc2c1. The van der Waals surface area contributed by atoms with Gasteiger partial charge in [-0.15, -0.1) is 0 Å². The zero-order valence-corrected chi connectivity index (χ0v) is 19.1. The summed E-state index contributed by atoms with van der Waals surface area (Å²) >= 11 is 0. The summed E-state index contributed by atoms with van der Waals surface area (Å²) in [7, 11) is 0. The third kappa shape index (κ3) is 3.79. The maximum Gasteiger partial charge on any atom is 0.120 e. The van der Waals surface area contributed by atoms with Crippen LogP contribution in [-0.2, 0) is 0 Å². The van der Waals surface area contributed by atoms with E-state index in [9.17, 15) is 10.2 Å². The van der Waals surface area contributed by atoms with E-state index in [0.717, 1.165) is 43.8 Å². The highest BCUT2D eigenvalue weighted by Gasteiger charge is 2.24. The lowest BCUT2D eigenvalue weighted by Crippen LogP contribution is -2.06. The van der Waals surface area contributed by atoms with Crippen molar-refractivity contribution in [3.63, 3.8) is 0 Å². The third-order valence-electron chi connectivity index (χ3n) is 6.80. The van der Waals surface area contributed by atoms with E-state index in [4.69, 9.17) is 0 Å². The predicted octanol–water partition coefficient (Wildman–Crippen LogP) is 8.25. The van der Waals surface area contributed by atoms with Crippen molar-refractivity contribution in [2.75, 3.05) is 0 Å². The highest BCUT2D eigenvalue weighted by molar-refractivity contribution is 5.93. The van der Waals surface area contributed by atoms with Crippen LogP contribution in [0.15, 0.2) is 127 Å². The molecular formula is C33H24O2. The fraction of sp³-hybridized carbons (Fsp3) is 0.0303. The summed E-state index contributed by atoms with van der Waals surface area (Å²) in [6.07, 6.45) is 0. The minimum atomic E-state index is -0.195. The molecule has 168 valence electrons. The lowest BCUT2D eigenvalue weighted by molar-refractivity contribution is 0.468. The van der Waals surface area contributed by atoms with Gasteiger partial charge in [0.15, 0.2) is 0 Å². The summed E-state index contributed by atoms with van der Waals surface area (Å²) in [5.41, 5.74) is 5.39. The number of benzene rings is 6. The summed E-state index contributed by atoms with van der Waals surface area (Å²) in [6.45, 7) is 0. The molecule has 0 aliphatic carbocycles. The van der Waals surface area contributed by atoms with Crippen LogP contribution in [-0.4, -0.2) is 10.2 Å². The maximum absolute atomic E-state index is 11.2. The van der Waals surface area contributed by atoms with Gasteiger partial charge >= 0.3 is 0 Å².